The highest BCUT2D eigenvalue weighted by Gasteiger charge is 2.39. The number of likely N-dealkylation sites (tertiary alicyclic amines) is 1. The molecule has 0 unspecified atom stereocenters. The minimum atomic E-state index is -0.717. The van der Waals surface area contributed by atoms with Crippen molar-refractivity contribution in [3.63, 3.8) is 0 Å². The molecule has 2 aromatic carbocycles. The average molecular weight is 371 g/mol. The first-order chi connectivity index (χ1) is 12.6. The molecule has 0 bridgehead atoms. The number of benzene rings is 2. The summed E-state index contributed by atoms with van der Waals surface area (Å²) in [7, 11) is 0. The zero-order valence-corrected chi connectivity index (χ0v) is 15.2. The van der Waals surface area contributed by atoms with Crippen LogP contribution in [0.15, 0.2) is 59.5 Å². The molecule has 136 valence electrons. The summed E-state index contributed by atoms with van der Waals surface area (Å²) >= 11 is 1.62. The molecule has 3 rings (SSSR count). The highest BCUT2D eigenvalue weighted by atomic mass is 32.2. The van der Waals surface area contributed by atoms with E-state index in [1.807, 2.05) is 48.7 Å². The summed E-state index contributed by atoms with van der Waals surface area (Å²) < 4.78 is 0. The molecule has 2 atom stereocenters. The van der Waals surface area contributed by atoms with Crippen LogP contribution in [0.5, 0.6) is 0 Å². The van der Waals surface area contributed by atoms with Gasteiger partial charge in [0, 0.05) is 29.2 Å². The van der Waals surface area contributed by atoms with E-state index < -0.39 is 18.2 Å². The van der Waals surface area contributed by atoms with Crippen LogP contribution in [0, 0.1) is 0 Å². The van der Waals surface area contributed by atoms with Crippen molar-refractivity contribution in [3.05, 3.63) is 54.6 Å². The molecule has 0 aromatic heterocycles. The molecule has 3 amide bonds. The Balaban J connectivity index is 1.67. The minimum Gasteiger partial charge on any atom is -0.391 e. The molecule has 1 heterocycles. The monoisotopic (exact) mass is 371 g/mol. The van der Waals surface area contributed by atoms with Crippen molar-refractivity contribution >= 4 is 35.1 Å². The van der Waals surface area contributed by atoms with E-state index in [1.165, 1.54) is 4.90 Å². The third kappa shape index (κ3) is 4.36. The van der Waals surface area contributed by atoms with E-state index in [0.717, 1.165) is 4.90 Å². The first-order valence-corrected chi connectivity index (χ1v) is 9.55. The van der Waals surface area contributed by atoms with Crippen LogP contribution in [-0.2, 0) is 4.79 Å². The van der Waals surface area contributed by atoms with Gasteiger partial charge < -0.3 is 20.6 Å². The number of nitrogens with zero attached hydrogens (tertiary/aromatic N) is 1. The Morgan fingerprint density at radius 3 is 2.35 bits per heavy atom. The molecule has 0 saturated carbocycles. The van der Waals surface area contributed by atoms with Gasteiger partial charge in [-0.1, -0.05) is 18.2 Å². The molecule has 0 aliphatic carbocycles. The van der Waals surface area contributed by atoms with Gasteiger partial charge in [-0.25, -0.2) is 4.79 Å². The van der Waals surface area contributed by atoms with Crippen LogP contribution in [0.1, 0.15) is 6.42 Å². The number of carbonyl (C=O) groups is 2. The summed E-state index contributed by atoms with van der Waals surface area (Å²) in [6.07, 6.45) is 1.49. The van der Waals surface area contributed by atoms with Gasteiger partial charge in [0.25, 0.3) is 0 Å². The molecule has 0 spiro atoms. The van der Waals surface area contributed by atoms with Crippen LogP contribution in [0.25, 0.3) is 0 Å². The molecule has 1 aliphatic rings. The van der Waals surface area contributed by atoms with E-state index in [1.54, 1.807) is 23.9 Å². The number of hydrogen-bond acceptors (Lipinski definition) is 4. The summed E-state index contributed by atoms with van der Waals surface area (Å²) in [5, 5.41) is 15.5. The lowest BCUT2D eigenvalue weighted by molar-refractivity contribution is -0.119. The topological polar surface area (TPSA) is 81.7 Å². The van der Waals surface area contributed by atoms with Crippen LogP contribution in [-0.4, -0.2) is 46.9 Å². The van der Waals surface area contributed by atoms with Crippen molar-refractivity contribution in [2.24, 2.45) is 0 Å². The van der Waals surface area contributed by atoms with E-state index in [9.17, 15) is 14.7 Å². The van der Waals surface area contributed by atoms with E-state index in [-0.39, 0.29) is 18.9 Å². The molecular weight excluding hydrogens is 350 g/mol. The van der Waals surface area contributed by atoms with E-state index in [2.05, 4.69) is 10.6 Å². The molecular formula is C19H21N3O3S. The van der Waals surface area contributed by atoms with Gasteiger partial charge in [0.2, 0.25) is 5.91 Å². The smallest absolute Gasteiger partial charge is 0.322 e. The van der Waals surface area contributed by atoms with Gasteiger partial charge in [-0.2, -0.15) is 0 Å². The van der Waals surface area contributed by atoms with Crippen molar-refractivity contribution in [1.29, 1.82) is 0 Å². The predicted octanol–water partition coefficient (Wildman–Crippen LogP) is 3.01. The highest BCUT2D eigenvalue weighted by molar-refractivity contribution is 7.98. The van der Waals surface area contributed by atoms with Gasteiger partial charge in [0.05, 0.1) is 6.10 Å². The van der Waals surface area contributed by atoms with Gasteiger partial charge in [-0.15, -0.1) is 11.8 Å². The number of nitrogens with one attached hydrogen (secondary N) is 2. The van der Waals surface area contributed by atoms with Gasteiger partial charge in [-0.3, -0.25) is 4.79 Å². The number of aliphatic hydroxyl groups is 1. The number of para-hydroxylation sites is 1. The van der Waals surface area contributed by atoms with Crippen molar-refractivity contribution in [1.82, 2.24) is 4.90 Å². The fourth-order valence-corrected chi connectivity index (χ4v) is 3.31. The lowest BCUT2D eigenvalue weighted by atomic mass is 10.2. The largest absolute Gasteiger partial charge is 0.391 e. The summed E-state index contributed by atoms with van der Waals surface area (Å²) in [5.41, 5.74) is 1.31. The average Bonchev–Trinajstić information content (AvgIpc) is 3.05. The summed E-state index contributed by atoms with van der Waals surface area (Å²) in [4.78, 5) is 27.6. The first-order valence-electron chi connectivity index (χ1n) is 8.32. The Hall–Kier alpha value is -2.51. The van der Waals surface area contributed by atoms with Crippen molar-refractivity contribution in [3.8, 4) is 0 Å². The molecule has 7 heteroatoms. The lowest BCUT2D eigenvalue weighted by Crippen LogP contribution is -2.45. The van der Waals surface area contributed by atoms with Crippen molar-refractivity contribution < 1.29 is 14.7 Å². The summed E-state index contributed by atoms with van der Waals surface area (Å²) in [5.74, 6) is -0.304. The number of carbonyl (C=O) groups excluding carboxylic acids is 2. The van der Waals surface area contributed by atoms with Crippen molar-refractivity contribution in [2.45, 2.75) is 23.5 Å². The van der Waals surface area contributed by atoms with Gasteiger partial charge >= 0.3 is 6.03 Å². The Labute approximate surface area is 156 Å². The first kappa shape index (κ1) is 18.3. The maximum Gasteiger partial charge on any atom is 0.322 e. The number of anilines is 2. The zero-order valence-electron chi connectivity index (χ0n) is 14.4. The third-order valence-corrected chi connectivity index (χ3v) is 4.97. The number of thioether (sulfide) groups is 1. The second-order valence-corrected chi connectivity index (χ2v) is 6.95. The predicted molar refractivity (Wildman–Crippen MR) is 103 cm³/mol. The fraction of sp³-hybridized carbons (Fsp3) is 0.263. The number of amides is 3. The Morgan fingerprint density at radius 1 is 1.04 bits per heavy atom. The van der Waals surface area contributed by atoms with E-state index >= 15 is 0 Å². The van der Waals surface area contributed by atoms with Gasteiger partial charge in [0.15, 0.2) is 0 Å². The quantitative estimate of drug-likeness (QED) is 0.722. The molecule has 1 saturated heterocycles. The summed E-state index contributed by atoms with van der Waals surface area (Å²) in [6, 6.07) is 15.4. The Bertz CT molecular complexity index is 767. The van der Waals surface area contributed by atoms with Crippen LogP contribution in [0.3, 0.4) is 0 Å². The fourth-order valence-electron chi connectivity index (χ4n) is 2.90. The normalized spacial score (nSPS) is 19.2. The standard InChI is InChI=1S/C19H21N3O3S/c1-26-16-9-7-14(8-10-16)20-18(24)17-11-15(23)12-22(17)19(25)21-13-5-3-2-4-6-13/h2-10,15,17,23H,11-12H2,1H3,(H,20,24)(H,21,25)/t15-,17+/m1/s1. The van der Waals surface area contributed by atoms with E-state index in [0.29, 0.717) is 11.4 Å². The Morgan fingerprint density at radius 2 is 1.69 bits per heavy atom. The number of hydrogen-bond donors (Lipinski definition) is 3. The van der Waals surface area contributed by atoms with E-state index in [4.69, 9.17) is 0 Å². The number of aliphatic hydroxyl groups excluding tert-OH is 1. The molecule has 2 aromatic rings. The zero-order chi connectivity index (χ0) is 18.5. The maximum atomic E-state index is 12.6. The van der Waals surface area contributed by atoms with Crippen LogP contribution in [0.4, 0.5) is 16.2 Å². The van der Waals surface area contributed by atoms with Gasteiger partial charge in [-0.05, 0) is 42.7 Å². The van der Waals surface area contributed by atoms with Crippen molar-refractivity contribution in [2.75, 3.05) is 23.4 Å². The Kier molecular flexibility index (Phi) is 5.80. The lowest BCUT2D eigenvalue weighted by Gasteiger charge is -2.24. The molecule has 3 N–H and O–H groups in total. The van der Waals surface area contributed by atoms with Gasteiger partial charge in [0.1, 0.15) is 6.04 Å². The maximum absolute atomic E-state index is 12.6. The van der Waals surface area contributed by atoms with Crippen LogP contribution in [0.2, 0.25) is 0 Å². The molecule has 6 nitrogen and oxygen atoms in total. The SMILES string of the molecule is CSc1ccc(NC(=O)[C@@H]2C[C@@H](O)CN2C(=O)Nc2ccccc2)cc1. The second-order valence-electron chi connectivity index (χ2n) is 6.07. The second kappa shape index (κ2) is 8.25. The third-order valence-electron chi connectivity index (χ3n) is 4.23. The molecule has 0 radical (unpaired) electrons. The summed E-state index contributed by atoms with van der Waals surface area (Å²) in [6.45, 7) is 0.127. The minimum absolute atomic E-state index is 0.127. The molecule has 1 aliphatic heterocycles. The number of rotatable bonds is 4. The van der Waals surface area contributed by atoms with Crippen LogP contribution >= 0.6 is 11.8 Å². The molecule has 26 heavy (non-hydrogen) atoms. The number of β-amino-alcohol motifs (C(OH)–C–C–N with tert-alkyl or cyclic N) is 1. The molecule has 1 fully saturated rings. The number of urea groups is 1. The van der Waals surface area contributed by atoms with Crippen LogP contribution < -0.4 is 10.6 Å². The highest BCUT2D eigenvalue weighted by Crippen LogP contribution is 2.22.